The van der Waals surface area contributed by atoms with E-state index in [0.29, 0.717) is 0 Å². The van der Waals surface area contributed by atoms with Crippen LogP contribution in [0.5, 0.6) is 0 Å². The van der Waals surface area contributed by atoms with Gasteiger partial charge in [-0.15, -0.1) is 0 Å². The van der Waals surface area contributed by atoms with Crippen molar-refractivity contribution in [3.8, 4) is 11.4 Å². The van der Waals surface area contributed by atoms with E-state index in [1.807, 2.05) is 34.6 Å². The van der Waals surface area contributed by atoms with Crippen LogP contribution in [0.1, 0.15) is 40.2 Å². The SMILES string of the molecule is CC.CC.CCNc1cnc(-c2ccc(C)c(F)c2F)nc1. The molecule has 0 aliphatic rings. The molecule has 1 heterocycles. The summed E-state index contributed by atoms with van der Waals surface area (Å²) in [4.78, 5) is 8.04. The van der Waals surface area contributed by atoms with E-state index in [-0.39, 0.29) is 17.0 Å². The van der Waals surface area contributed by atoms with Crippen LogP contribution >= 0.6 is 0 Å². The van der Waals surface area contributed by atoms with Crippen molar-refractivity contribution in [2.75, 3.05) is 11.9 Å². The van der Waals surface area contributed by atoms with Crippen molar-refractivity contribution < 1.29 is 8.78 Å². The maximum atomic E-state index is 13.7. The maximum absolute atomic E-state index is 13.7. The summed E-state index contributed by atoms with van der Waals surface area (Å²) in [5, 5.41) is 3.03. The molecule has 0 fully saturated rings. The molecule has 22 heavy (non-hydrogen) atoms. The Bertz CT molecular complexity index is 555. The Hall–Kier alpha value is -2.04. The zero-order valence-corrected chi connectivity index (χ0v) is 14.2. The second-order valence-corrected chi connectivity index (χ2v) is 3.88. The Morgan fingerprint density at radius 3 is 2.00 bits per heavy atom. The van der Waals surface area contributed by atoms with E-state index in [0.717, 1.165) is 12.2 Å². The topological polar surface area (TPSA) is 37.8 Å². The van der Waals surface area contributed by atoms with E-state index in [9.17, 15) is 8.78 Å². The van der Waals surface area contributed by atoms with Crippen molar-refractivity contribution in [1.82, 2.24) is 9.97 Å². The van der Waals surface area contributed by atoms with Crippen LogP contribution < -0.4 is 5.32 Å². The number of halogens is 2. The van der Waals surface area contributed by atoms with Gasteiger partial charge in [0.05, 0.1) is 23.6 Å². The van der Waals surface area contributed by atoms with Gasteiger partial charge in [0, 0.05) is 6.54 Å². The number of nitrogens with zero attached hydrogens (tertiary/aromatic N) is 2. The lowest BCUT2D eigenvalue weighted by Gasteiger charge is -2.06. The van der Waals surface area contributed by atoms with E-state index in [1.165, 1.54) is 19.1 Å². The maximum Gasteiger partial charge on any atom is 0.170 e. The lowest BCUT2D eigenvalue weighted by molar-refractivity contribution is 0.505. The molecule has 5 heteroatoms. The lowest BCUT2D eigenvalue weighted by atomic mass is 10.1. The van der Waals surface area contributed by atoms with E-state index >= 15 is 0 Å². The molecular weight excluding hydrogens is 284 g/mol. The molecule has 0 aliphatic carbocycles. The van der Waals surface area contributed by atoms with Crippen LogP contribution in [0.4, 0.5) is 14.5 Å². The van der Waals surface area contributed by atoms with Gasteiger partial charge in [0.25, 0.3) is 0 Å². The highest BCUT2D eigenvalue weighted by Crippen LogP contribution is 2.23. The number of aromatic nitrogens is 2. The molecule has 122 valence electrons. The Morgan fingerprint density at radius 1 is 0.955 bits per heavy atom. The Balaban J connectivity index is 0.00000102. The summed E-state index contributed by atoms with van der Waals surface area (Å²) in [7, 11) is 0. The molecule has 1 aromatic heterocycles. The van der Waals surface area contributed by atoms with Gasteiger partial charge in [-0.1, -0.05) is 33.8 Å². The van der Waals surface area contributed by atoms with E-state index in [2.05, 4.69) is 15.3 Å². The minimum absolute atomic E-state index is 0.0705. The van der Waals surface area contributed by atoms with E-state index < -0.39 is 11.6 Å². The Kier molecular flexibility index (Phi) is 9.67. The van der Waals surface area contributed by atoms with Crippen LogP contribution in [0.15, 0.2) is 24.5 Å². The number of nitrogens with one attached hydrogen (secondary N) is 1. The van der Waals surface area contributed by atoms with Crippen LogP contribution in [-0.2, 0) is 0 Å². The summed E-state index contributed by atoms with van der Waals surface area (Å²) in [5.41, 5.74) is 1.08. The van der Waals surface area contributed by atoms with Gasteiger partial charge in [-0.3, -0.25) is 0 Å². The first-order valence-electron chi connectivity index (χ1n) is 7.64. The summed E-state index contributed by atoms with van der Waals surface area (Å²) >= 11 is 0. The Labute approximate surface area is 131 Å². The number of aryl methyl sites for hydroxylation is 1. The van der Waals surface area contributed by atoms with Gasteiger partial charge in [-0.2, -0.15) is 0 Å². The molecule has 2 rings (SSSR count). The molecule has 0 radical (unpaired) electrons. The number of hydrogen-bond donors (Lipinski definition) is 1. The fraction of sp³-hybridized carbons (Fsp3) is 0.412. The average Bonchev–Trinajstić information content (AvgIpc) is 2.58. The minimum atomic E-state index is -0.911. The van der Waals surface area contributed by atoms with Crippen LogP contribution in [-0.4, -0.2) is 16.5 Å². The molecule has 0 bridgehead atoms. The van der Waals surface area contributed by atoms with Crippen molar-refractivity contribution >= 4 is 5.69 Å². The van der Waals surface area contributed by atoms with Crippen molar-refractivity contribution in [3.05, 3.63) is 41.7 Å². The molecule has 2 aromatic rings. The predicted octanol–water partition coefficient (Wildman–Crippen LogP) is 5.21. The molecule has 1 aromatic carbocycles. The smallest absolute Gasteiger partial charge is 0.170 e. The third-order valence-electron chi connectivity index (χ3n) is 2.55. The largest absolute Gasteiger partial charge is 0.383 e. The van der Waals surface area contributed by atoms with Gasteiger partial charge in [0.15, 0.2) is 17.5 Å². The van der Waals surface area contributed by atoms with Gasteiger partial charge >= 0.3 is 0 Å². The van der Waals surface area contributed by atoms with E-state index in [4.69, 9.17) is 0 Å². The number of anilines is 1. The van der Waals surface area contributed by atoms with Crippen molar-refractivity contribution in [2.45, 2.75) is 41.5 Å². The highest BCUT2D eigenvalue weighted by atomic mass is 19.2. The first kappa shape index (κ1) is 20.0. The molecule has 0 amide bonds. The lowest BCUT2D eigenvalue weighted by Crippen LogP contribution is -2.00. The summed E-state index contributed by atoms with van der Waals surface area (Å²) in [5.74, 6) is -1.59. The van der Waals surface area contributed by atoms with Crippen LogP contribution in [0.3, 0.4) is 0 Å². The summed E-state index contributed by atoms with van der Waals surface area (Å²) < 4.78 is 27.2. The van der Waals surface area contributed by atoms with Crippen molar-refractivity contribution in [3.63, 3.8) is 0 Å². The molecule has 0 saturated carbocycles. The molecule has 0 atom stereocenters. The number of rotatable bonds is 3. The summed E-state index contributed by atoms with van der Waals surface area (Å²) in [6.45, 7) is 12.2. The van der Waals surface area contributed by atoms with Gasteiger partial charge < -0.3 is 5.32 Å². The third kappa shape index (κ3) is 5.06. The molecule has 0 unspecified atom stereocenters. The van der Waals surface area contributed by atoms with E-state index in [1.54, 1.807) is 12.4 Å². The normalized spacial score (nSPS) is 9.09. The fourth-order valence-electron chi connectivity index (χ4n) is 1.58. The van der Waals surface area contributed by atoms with Gasteiger partial charge in [-0.05, 0) is 25.5 Å². The second kappa shape index (κ2) is 10.7. The highest BCUT2D eigenvalue weighted by Gasteiger charge is 2.14. The molecular formula is C17H25F2N3. The summed E-state index contributed by atoms with van der Waals surface area (Å²) in [6.07, 6.45) is 3.09. The second-order valence-electron chi connectivity index (χ2n) is 3.88. The predicted molar refractivity (Wildman–Crippen MR) is 89.0 cm³/mol. The number of benzene rings is 1. The highest BCUT2D eigenvalue weighted by molar-refractivity contribution is 5.57. The van der Waals surface area contributed by atoms with Gasteiger partial charge in [-0.25, -0.2) is 18.7 Å². The first-order chi connectivity index (χ1) is 10.6. The zero-order chi connectivity index (χ0) is 17.1. The number of hydrogen-bond acceptors (Lipinski definition) is 3. The summed E-state index contributed by atoms with van der Waals surface area (Å²) in [6, 6.07) is 2.99. The standard InChI is InChI=1S/C13H13F2N3.2C2H6/c1-3-16-9-6-17-13(18-7-9)10-5-4-8(2)11(14)12(10)15;2*1-2/h4-7,16H,3H2,1-2H3;2*1-2H3. The molecule has 0 aliphatic heterocycles. The molecule has 0 saturated heterocycles. The fourth-order valence-corrected chi connectivity index (χ4v) is 1.58. The molecule has 3 nitrogen and oxygen atoms in total. The average molecular weight is 309 g/mol. The zero-order valence-electron chi connectivity index (χ0n) is 14.2. The quantitative estimate of drug-likeness (QED) is 0.845. The van der Waals surface area contributed by atoms with Crippen LogP contribution in [0.25, 0.3) is 11.4 Å². The first-order valence-corrected chi connectivity index (χ1v) is 7.64. The molecule has 0 spiro atoms. The third-order valence-corrected chi connectivity index (χ3v) is 2.55. The van der Waals surface area contributed by atoms with Crippen LogP contribution in [0.2, 0.25) is 0 Å². The minimum Gasteiger partial charge on any atom is -0.383 e. The van der Waals surface area contributed by atoms with Crippen molar-refractivity contribution in [2.24, 2.45) is 0 Å². The molecule has 1 N–H and O–H groups in total. The van der Waals surface area contributed by atoms with Gasteiger partial charge in [0.1, 0.15) is 0 Å². The van der Waals surface area contributed by atoms with Crippen molar-refractivity contribution in [1.29, 1.82) is 0 Å². The monoisotopic (exact) mass is 309 g/mol. The van der Waals surface area contributed by atoms with Crippen LogP contribution in [0, 0.1) is 18.6 Å². The Morgan fingerprint density at radius 2 is 1.50 bits per heavy atom. The van der Waals surface area contributed by atoms with Gasteiger partial charge in [0.2, 0.25) is 0 Å².